The number of hydrogen-bond donors (Lipinski definition) is 1. The molecule has 0 saturated heterocycles. The molecule has 16 heavy (non-hydrogen) atoms. The summed E-state index contributed by atoms with van der Waals surface area (Å²) in [5, 5.41) is 9.89. The molecule has 0 unspecified atom stereocenters. The largest absolute Gasteiger partial charge is 0.478 e. The number of nitrogens with zero attached hydrogens (tertiary/aromatic N) is 1. The van der Waals surface area contributed by atoms with E-state index in [9.17, 15) is 4.79 Å². The highest BCUT2D eigenvalue weighted by Crippen LogP contribution is 2.32. The highest BCUT2D eigenvalue weighted by atomic mass is 32.1. The summed E-state index contributed by atoms with van der Waals surface area (Å²) in [6, 6.07) is 0. The number of rotatable bonds is 2. The molecule has 1 aromatic heterocycles. The maximum atomic E-state index is 10.6. The van der Waals surface area contributed by atoms with Crippen molar-refractivity contribution in [2.45, 2.75) is 39.0 Å². The van der Waals surface area contributed by atoms with Gasteiger partial charge in [0, 0.05) is 23.3 Å². The van der Waals surface area contributed by atoms with Gasteiger partial charge in [0.1, 0.15) is 0 Å². The Bertz CT molecular complexity index is 446. The number of thiazole rings is 1. The first kappa shape index (κ1) is 11.3. The summed E-state index contributed by atoms with van der Waals surface area (Å²) in [6.45, 7) is 4.27. The number of aryl methyl sites for hydroxylation is 1. The molecule has 86 valence electrons. The fourth-order valence-corrected chi connectivity index (χ4v) is 3.02. The lowest BCUT2D eigenvalue weighted by molar-refractivity contribution is -0.131. The minimum absolute atomic E-state index is 0.461. The van der Waals surface area contributed by atoms with Crippen molar-refractivity contribution < 1.29 is 9.90 Å². The summed E-state index contributed by atoms with van der Waals surface area (Å²) in [5.41, 5.74) is 2.19. The molecule has 4 heteroatoms. The van der Waals surface area contributed by atoms with Gasteiger partial charge in [-0.15, -0.1) is 11.3 Å². The molecule has 0 fully saturated rings. The second-order valence-electron chi connectivity index (χ2n) is 4.39. The quantitative estimate of drug-likeness (QED) is 0.805. The van der Waals surface area contributed by atoms with Gasteiger partial charge in [-0.25, -0.2) is 9.78 Å². The van der Waals surface area contributed by atoms with Gasteiger partial charge in [0.05, 0.1) is 10.7 Å². The average molecular weight is 237 g/mol. The van der Waals surface area contributed by atoms with Crippen LogP contribution in [0.15, 0.2) is 11.6 Å². The molecular weight excluding hydrogens is 222 g/mol. The van der Waals surface area contributed by atoms with E-state index < -0.39 is 5.97 Å². The predicted molar refractivity (Wildman–Crippen MR) is 63.9 cm³/mol. The first-order valence-electron chi connectivity index (χ1n) is 5.47. The molecule has 0 radical (unpaired) electrons. The van der Waals surface area contributed by atoms with Crippen molar-refractivity contribution in [2.24, 2.45) is 0 Å². The van der Waals surface area contributed by atoms with Crippen molar-refractivity contribution in [3.8, 4) is 0 Å². The average Bonchev–Trinajstić information content (AvgIpc) is 2.59. The van der Waals surface area contributed by atoms with Crippen LogP contribution in [0.5, 0.6) is 0 Å². The van der Waals surface area contributed by atoms with Crippen LogP contribution in [-0.4, -0.2) is 16.1 Å². The fourth-order valence-electron chi connectivity index (χ4n) is 1.86. The molecule has 1 heterocycles. The van der Waals surface area contributed by atoms with Crippen LogP contribution in [0, 0.1) is 0 Å². The van der Waals surface area contributed by atoms with Gasteiger partial charge < -0.3 is 5.11 Å². The Hall–Kier alpha value is -1.16. The van der Waals surface area contributed by atoms with Crippen LogP contribution in [0.1, 0.15) is 41.8 Å². The standard InChI is InChI=1S/C12H15NO2S/c1-7(2)12-13-9-4-3-8(6-11(14)15)5-10(9)16-12/h6-7H,3-5H2,1-2H3,(H,14,15)/b8-6+. The second-order valence-corrected chi connectivity index (χ2v) is 5.51. The van der Waals surface area contributed by atoms with E-state index in [1.807, 2.05) is 0 Å². The Morgan fingerprint density at radius 3 is 2.88 bits per heavy atom. The Balaban J connectivity index is 2.24. The molecule has 0 spiro atoms. The maximum Gasteiger partial charge on any atom is 0.328 e. The number of carboxylic acids is 1. The van der Waals surface area contributed by atoms with Crippen molar-refractivity contribution in [1.82, 2.24) is 4.98 Å². The molecule has 3 nitrogen and oxygen atoms in total. The first-order valence-corrected chi connectivity index (χ1v) is 6.28. The van der Waals surface area contributed by atoms with Crippen molar-refractivity contribution in [2.75, 3.05) is 0 Å². The molecule has 0 atom stereocenters. The second kappa shape index (κ2) is 4.37. The van der Waals surface area contributed by atoms with Crippen molar-refractivity contribution in [3.05, 3.63) is 27.2 Å². The highest BCUT2D eigenvalue weighted by Gasteiger charge is 2.19. The summed E-state index contributed by atoms with van der Waals surface area (Å²) in [7, 11) is 0. The van der Waals surface area contributed by atoms with E-state index in [4.69, 9.17) is 5.11 Å². The molecule has 2 rings (SSSR count). The Kier molecular flexibility index (Phi) is 3.10. The molecule has 0 aromatic carbocycles. The molecular formula is C12H15NO2S. The zero-order valence-electron chi connectivity index (χ0n) is 9.49. The van der Waals surface area contributed by atoms with E-state index in [1.54, 1.807) is 11.3 Å². The Morgan fingerprint density at radius 2 is 2.25 bits per heavy atom. The molecule has 0 amide bonds. The topological polar surface area (TPSA) is 50.2 Å². The minimum Gasteiger partial charge on any atom is -0.478 e. The van der Waals surface area contributed by atoms with E-state index in [-0.39, 0.29) is 0 Å². The van der Waals surface area contributed by atoms with Crippen LogP contribution in [0.2, 0.25) is 0 Å². The summed E-state index contributed by atoms with van der Waals surface area (Å²) in [5.74, 6) is -0.380. The van der Waals surface area contributed by atoms with Gasteiger partial charge in [-0.05, 0) is 12.8 Å². The van der Waals surface area contributed by atoms with Crippen LogP contribution < -0.4 is 0 Å². The normalized spacial score (nSPS) is 17.8. The smallest absolute Gasteiger partial charge is 0.328 e. The number of aliphatic carboxylic acids is 1. The summed E-state index contributed by atoms with van der Waals surface area (Å²) < 4.78 is 0. The number of hydrogen-bond acceptors (Lipinski definition) is 3. The van der Waals surface area contributed by atoms with Crippen molar-refractivity contribution in [3.63, 3.8) is 0 Å². The van der Waals surface area contributed by atoms with Gasteiger partial charge in [0.15, 0.2) is 0 Å². The van der Waals surface area contributed by atoms with Gasteiger partial charge in [-0.1, -0.05) is 19.4 Å². The third-order valence-electron chi connectivity index (χ3n) is 2.69. The van der Waals surface area contributed by atoms with Gasteiger partial charge in [-0.2, -0.15) is 0 Å². The van der Waals surface area contributed by atoms with Gasteiger partial charge in [0.2, 0.25) is 0 Å². The maximum absolute atomic E-state index is 10.6. The lowest BCUT2D eigenvalue weighted by Crippen LogP contribution is -2.05. The van der Waals surface area contributed by atoms with Crippen LogP contribution >= 0.6 is 11.3 Å². The van der Waals surface area contributed by atoms with Crippen molar-refractivity contribution in [1.29, 1.82) is 0 Å². The zero-order chi connectivity index (χ0) is 11.7. The Labute approximate surface area is 98.8 Å². The molecule has 1 aliphatic carbocycles. The number of carbonyl (C=O) groups is 1. The summed E-state index contributed by atoms with van der Waals surface area (Å²) in [4.78, 5) is 16.5. The fraction of sp³-hybridized carbons (Fsp3) is 0.500. The van der Waals surface area contributed by atoms with E-state index in [0.717, 1.165) is 24.8 Å². The summed E-state index contributed by atoms with van der Waals surface area (Å²) in [6.07, 6.45) is 3.84. The van der Waals surface area contributed by atoms with E-state index in [2.05, 4.69) is 18.8 Å². The molecule has 1 N–H and O–H groups in total. The van der Waals surface area contributed by atoms with Crippen LogP contribution in [0.4, 0.5) is 0 Å². The molecule has 0 bridgehead atoms. The third-order valence-corrected chi connectivity index (χ3v) is 4.09. The van der Waals surface area contributed by atoms with Crippen LogP contribution in [0.25, 0.3) is 0 Å². The predicted octanol–water partition coefficient (Wildman–Crippen LogP) is 2.77. The minimum atomic E-state index is -0.841. The monoisotopic (exact) mass is 237 g/mol. The third kappa shape index (κ3) is 2.32. The van der Waals surface area contributed by atoms with E-state index in [0.29, 0.717) is 5.92 Å². The summed E-state index contributed by atoms with van der Waals surface area (Å²) >= 11 is 1.73. The van der Waals surface area contributed by atoms with E-state index >= 15 is 0 Å². The number of aromatic nitrogens is 1. The number of carboxylic acid groups (broad SMARTS) is 1. The van der Waals surface area contributed by atoms with Crippen LogP contribution in [-0.2, 0) is 17.6 Å². The zero-order valence-corrected chi connectivity index (χ0v) is 10.3. The molecule has 0 saturated carbocycles. The SMILES string of the molecule is CC(C)c1nc2c(s1)C/C(=C/C(=O)O)CC2. The molecule has 1 aliphatic rings. The van der Waals surface area contributed by atoms with E-state index in [1.165, 1.54) is 21.7 Å². The molecule has 0 aliphatic heterocycles. The molecule has 1 aromatic rings. The van der Waals surface area contributed by atoms with Crippen molar-refractivity contribution >= 4 is 17.3 Å². The lowest BCUT2D eigenvalue weighted by atomic mass is 9.97. The lowest BCUT2D eigenvalue weighted by Gasteiger charge is -2.12. The van der Waals surface area contributed by atoms with Crippen LogP contribution in [0.3, 0.4) is 0 Å². The van der Waals surface area contributed by atoms with Gasteiger partial charge >= 0.3 is 5.97 Å². The Morgan fingerprint density at radius 1 is 1.50 bits per heavy atom. The van der Waals surface area contributed by atoms with Gasteiger partial charge in [0.25, 0.3) is 0 Å². The number of allylic oxidation sites excluding steroid dienone is 1. The highest BCUT2D eigenvalue weighted by molar-refractivity contribution is 7.11. The van der Waals surface area contributed by atoms with Gasteiger partial charge in [-0.3, -0.25) is 0 Å². The number of fused-ring (bicyclic) bond motifs is 1. The first-order chi connectivity index (χ1) is 7.56.